The predicted octanol–water partition coefficient (Wildman–Crippen LogP) is 5.25. The highest BCUT2D eigenvalue weighted by atomic mass is 32.2. The first-order valence-corrected chi connectivity index (χ1v) is 12.6. The second kappa shape index (κ2) is 9.76. The van der Waals surface area contributed by atoms with E-state index in [9.17, 15) is 9.59 Å². The van der Waals surface area contributed by atoms with Crippen LogP contribution in [0.3, 0.4) is 0 Å². The average Bonchev–Trinajstić information content (AvgIpc) is 3.28. The van der Waals surface area contributed by atoms with Crippen molar-refractivity contribution in [3.05, 3.63) is 78.4 Å². The third kappa shape index (κ3) is 4.44. The van der Waals surface area contributed by atoms with Gasteiger partial charge in [0, 0.05) is 29.7 Å². The van der Waals surface area contributed by atoms with Crippen LogP contribution in [0.2, 0.25) is 0 Å². The van der Waals surface area contributed by atoms with Gasteiger partial charge in [0.15, 0.2) is 5.16 Å². The molecule has 0 aliphatic rings. The number of benzene rings is 3. The van der Waals surface area contributed by atoms with Gasteiger partial charge in [0.05, 0.1) is 22.3 Å². The minimum atomic E-state index is -0.148. The van der Waals surface area contributed by atoms with E-state index in [2.05, 4.69) is 5.32 Å². The monoisotopic (exact) mass is 483 g/mol. The maximum atomic E-state index is 12.7. The van der Waals surface area contributed by atoms with Crippen molar-refractivity contribution in [1.29, 1.82) is 0 Å². The molecule has 0 spiro atoms. The third-order valence-corrected chi connectivity index (χ3v) is 6.85. The fourth-order valence-electron chi connectivity index (χ4n) is 4.13. The number of carbonyl (C=O) groups excluding carboxylic acids is 2. The van der Waals surface area contributed by atoms with E-state index in [0.29, 0.717) is 29.5 Å². The van der Waals surface area contributed by atoms with Gasteiger partial charge in [-0.2, -0.15) is 0 Å². The molecule has 0 unspecified atom stereocenters. The molecular formula is C27H25N5O2S. The number of anilines is 1. The molecule has 1 N–H and O–H groups in total. The number of fused-ring (bicyclic) bond motifs is 5. The Morgan fingerprint density at radius 3 is 2.31 bits per heavy atom. The number of thioether (sulfide) groups is 1. The molecule has 5 rings (SSSR count). The molecule has 0 radical (unpaired) electrons. The van der Waals surface area contributed by atoms with E-state index in [-0.39, 0.29) is 17.6 Å². The van der Waals surface area contributed by atoms with Crippen molar-refractivity contribution in [3.63, 3.8) is 0 Å². The van der Waals surface area contributed by atoms with E-state index in [1.54, 1.807) is 29.2 Å². The molecule has 0 fully saturated rings. The van der Waals surface area contributed by atoms with Crippen LogP contribution in [0.1, 0.15) is 24.2 Å². The van der Waals surface area contributed by atoms with Crippen molar-refractivity contribution in [2.75, 3.05) is 24.2 Å². The van der Waals surface area contributed by atoms with Gasteiger partial charge < -0.3 is 10.2 Å². The van der Waals surface area contributed by atoms with E-state index >= 15 is 0 Å². The first-order valence-electron chi connectivity index (χ1n) is 11.6. The lowest BCUT2D eigenvalue weighted by molar-refractivity contribution is -0.113. The molecule has 0 saturated heterocycles. The molecule has 0 saturated carbocycles. The summed E-state index contributed by atoms with van der Waals surface area (Å²) in [6.45, 7) is 5.23. The van der Waals surface area contributed by atoms with Gasteiger partial charge in [-0.1, -0.05) is 36.0 Å². The lowest BCUT2D eigenvalue weighted by Crippen LogP contribution is -2.30. The molecule has 2 aromatic heterocycles. The highest BCUT2D eigenvalue weighted by Crippen LogP contribution is 2.29. The van der Waals surface area contributed by atoms with Crippen LogP contribution in [0, 0.1) is 0 Å². The van der Waals surface area contributed by atoms with Gasteiger partial charge in [0.25, 0.3) is 5.91 Å². The number of amides is 2. The van der Waals surface area contributed by atoms with E-state index in [4.69, 9.17) is 9.97 Å². The molecule has 0 aliphatic carbocycles. The molecular weight excluding hydrogens is 458 g/mol. The van der Waals surface area contributed by atoms with Crippen LogP contribution >= 0.6 is 11.8 Å². The molecule has 0 bridgehead atoms. The SMILES string of the molecule is CCN(CC)C(=O)c1ccc(NC(=O)CSc2nc3ccccc3c3nc4ccccc4n23)cc1. The molecule has 7 nitrogen and oxygen atoms in total. The summed E-state index contributed by atoms with van der Waals surface area (Å²) < 4.78 is 2.02. The summed E-state index contributed by atoms with van der Waals surface area (Å²) in [7, 11) is 0. The van der Waals surface area contributed by atoms with Crippen LogP contribution in [-0.4, -0.2) is 49.9 Å². The topological polar surface area (TPSA) is 79.6 Å². The number of aromatic nitrogens is 3. The number of imidazole rings is 1. The fraction of sp³-hybridized carbons (Fsp3) is 0.185. The summed E-state index contributed by atoms with van der Waals surface area (Å²) in [5.41, 5.74) is 4.76. The van der Waals surface area contributed by atoms with Crippen LogP contribution in [-0.2, 0) is 4.79 Å². The van der Waals surface area contributed by atoms with Gasteiger partial charge >= 0.3 is 0 Å². The second-order valence-electron chi connectivity index (χ2n) is 8.06. The quantitative estimate of drug-likeness (QED) is 0.253. The zero-order valence-electron chi connectivity index (χ0n) is 19.6. The van der Waals surface area contributed by atoms with Crippen LogP contribution in [0.5, 0.6) is 0 Å². The average molecular weight is 484 g/mol. The second-order valence-corrected chi connectivity index (χ2v) is 9.01. The zero-order chi connectivity index (χ0) is 24.4. The summed E-state index contributed by atoms with van der Waals surface area (Å²) in [6, 6.07) is 22.8. The minimum Gasteiger partial charge on any atom is -0.339 e. The van der Waals surface area contributed by atoms with Crippen molar-refractivity contribution >= 4 is 56.8 Å². The molecule has 5 aromatic rings. The Morgan fingerprint density at radius 1 is 0.886 bits per heavy atom. The van der Waals surface area contributed by atoms with Crippen LogP contribution < -0.4 is 5.32 Å². The lowest BCUT2D eigenvalue weighted by atomic mass is 10.2. The number of rotatable bonds is 7. The van der Waals surface area contributed by atoms with Gasteiger partial charge in [-0.3, -0.25) is 14.0 Å². The molecule has 2 heterocycles. The Kier molecular flexibility index (Phi) is 6.37. The highest BCUT2D eigenvalue weighted by molar-refractivity contribution is 7.99. The normalized spacial score (nSPS) is 11.3. The zero-order valence-corrected chi connectivity index (χ0v) is 20.4. The summed E-state index contributed by atoms with van der Waals surface area (Å²) >= 11 is 1.37. The predicted molar refractivity (Wildman–Crippen MR) is 141 cm³/mol. The molecule has 8 heteroatoms. The Labute approximate surface area is 207 Å². The molecule has 176 valence electrons. The van der Waals surface area contributed by atoms with Crippen LogP contribution in [0.4, 0.5) is 5.69 Å². The third-order valence-electron chi connectivity index (χ3n) is 5.91. The summed E-state index contributed by atoms with van der Waals surface area (Å²) in [4.78, 5) is 36.7. The summed E-state index contributed by atoms with van der Waals surface area (Å²) in [5.74, 6) is 0.0281. The summed E-state index contributed by atoms with van der Waals surface area (Å²) in [6.07, 6.45) is 0. The Balaban J connectivity index is 1.36. The minimum absolute atomic E-state index is 0.0117. The molecule has 35 heavy (non-hydrogen) atoms. The largest absolute Gasteiger partial charge is 0.339 e. The first kappa shape index (κ1) is 22.9. The van der Waals surface area contributed by atoms with E-state index in [0.717, 1.165) is 27.6 Å². The molecule has 2 amide bonds. The highest BCUT2D eigenvalue weighted by Gasteiger charge is 2.16. The first-order chi connectivity index (χ1) is 17.1. The van der Waals surface area contributed by atoms with Gasteiger partial charge in [-0.05, 0) is 62.4 Å². The molecule has 0 atom stereocenters. The number of carbonyl (C=O) groups is 2. The lowest BCUT2D eigenvalue weighted by Gasteiger charge is -2.18. The number of nitrogens with one attached hydrogen (secondary N) is 1. The maximum absolute atomic E-state index is 12.7. The van der Waals surface area contributed by atoms with E-state index < -0.39 is 0 Å². The van der Waals surface area contributed by atoms with E-state index in [1.807, 2.05) is 66.8 Å². The number of hydrogen-bond donors (Lipinski definition) is 1. The Hall–Kier alpha value is -3.91. The fourth-order valence-corrected chi connectivity index (χ4v) is 4.94. The van der Waals surface area contributed by atoms with Crippen LogP contribution in [0.25, 0.3) is 27.6 Å². The molecule has 0 aliphatic heterocycles. The van der Waals surface area contributed by atoms with Crippen molar-refractivity contribution in [3.8, 4) is 0 Å². The number of para-hydroxylation sites is 3. The molecule has 3 aromatic carbocycles. The number of hydrogen-bond acceptors (Lipinski definition) is 5. The van der Waals surface area contributed by atoms with Crippen molar-refractivity contribution in [1.82, 2.24) is 19.3 Å². The maximum Gasteiger partial charge on any atom is 0.253 e. The number of nitrogens with zero attached hydrogens (tertiary/aromatic N) is 4. The van der Waals surface area contributed by atoms with Crippen molar-refractivity contribution in [2.24, 2.45) is 0 Å². The summed E-state index contributed by atoms with van der Waals surface area (Å²) in [5, 5.41) is 4.59. The van der Waals surface area contributed by atoms with Gasteiger partial charge in [0.1, 0.15) is 5.65 Å². The smallest absolute Gasteiger partial charge is 0.253 e. The standard InChI is InChI=1S/C27H25N5O2S/c1-3-31(4-2)26(34)18-13-15-19(16-14-18)28-24(33)17-35-27-30-21-10-6-5-9-20(21)25-29-22-11-7-8-12-23(22)32(25)27/h5-16H,3-4,17H2,1-2H3,(H,28,33). The van der Waals surface area contributed by atoms with Crippen molar-refractivity contribution in [2.45, 2.75) is 19.0 Å². The van der Waals surface area contributed by atoms with E-state index in [1.165, 1.54) is 11.8 Å². The Morgan fingerprint density at radius 2 is 1.57 bits per heavy atom. The van der Waals surface area contributed by atoms with Gasteiger partial charge in [-0.15, -0.1) is 0 Å². The van der Waals surface area contributed by atoms with Crippen molar-refractivity contribution < 1.29 is 9.59 Å². The van der Waals surface area contributed by atoms with Crippen LogP contribution in [0.15, 0.2) is 78.0 Å². The Bertz CT molecular complexity index is 1540. The van der Waals surface area contributed by atoms with Gasteiger partial charge in [-0.25, -0.2) is 9.97 Å². The van der Waals surface area contributed by atoms with Gasteiger partial charge in [0.2, 0.25) is 5.91 Å².